The summed E-state index contributed by atoms with van der Waals surface area (Å²) < 4.78 is 5.01. The summed E-state index contributed by atoms with van der Waals surface area (Å²) in [6.45, 7) is 5.45. The first kappa shape index (κ1) is 18.3. The molecule has 0 aliphatic heterocycles. The summed E-state index contributed by atoms with van der Waals surface area (Å²) in [7, 11) is 0. The van der Waals surface area contributed by atoms with Gasteiger partial charge in [-0.05, 0) is 51.1 Å². The normalized spacial score (nSPS) is 10.8. The Bertz CT molecular complexity index is 761. The molecule has 3 N–H and O–H groups in total. The van der Waals surface area contributed by atoms with E-state index in [0.29, 0.717) is 11.3 Å². The lowest BCUT2D eigenvalue weighted by Crippen LogP contribution is -2.45. The van der Waals surface area contributed by atoms with Crippen LogP contribution in [0.4, 0.5) is 5.69 Å². The van der Waals surface area contributed by atoms with Gasteiger partial charge in [0.1, 0.15) is 0 Å². The highest BCUT2D eigenvalue weighted by Crippen LogP contribution is 2.12. The Morgan fingerprint density at radius 2 is 1.80 bits per heavy atom. The molecule has 0 spiro atoms. The van der Waals surface area contributed by atoms with Crippen molar-refractivity contribution >= 4 is 23.4 Å². The van der Waals surface area contributed by atoms with E-state index in [2.05, 4.69) is 16.0 Å². The topological polar surface area (TPSA) is 100 Å². The van der Waals surface area contributed by atoms with Gasteiger partial charge in [0.2, 0.25) is 5.91 Å². The fourth-order valence-corrected chi connectivity index (χ4v) is 2.06. The van der Waals surface area contributed by atoms with Crippen LogP contribution >= 0.6 is 0 Å². The maximum absolute atomic E-state index is 12.2. The minimum Gasteiger partial charge on any atom is -0.459 e. The SMILES string of the molecule is CC(C)(C)NC(=O)CNC(=O)c1cccc(NC(=O)c2ccco2)c1. The van der Waals surface area contributed by atoms with Crippen LogP contribution in [0, 0.1) is 0 Å². The summed E-state index contributed by atoms with van der Waals surface area (Å²) in [5.41, 5.74) is 0.423. The number of carbonyl (C=O) groups is 3. The summed E-state index contributed by atoms with van der Waals surface area (Å²) in [6, 6.07) is 9.57. The van der Waals surface area contributed by atoms with Crippen LogP contribution < -0.4 is 16.0 Å². The molecular weight excluding hydrogens is 322 g/mol. The third-order valence-corrected chi connectivity index (χ3v) is 3.05. The predicted molar refractivity (Wildman–Crippen MR) is 93.3 cm³/mol. The lowest BCUT2D eigenvalue weighted by molar-refractivity contribution is -0.121. The van der Waals surface area contributed by atoms with E-state index in [9.17, 15) is 14.4 Å². The van der Waals surface area contributed by atoms with Crippen molar-refractivity contribution in [3.05, 3.63) is 54.0 Å². The van der Waals surface area contributed by atoms with Crippen molar-refractivity contribution in [2.24, 2.45) is 0 Å². The molecule has 2 aromatic rings. The second-order valence-electron chi connectivity index (χ2n) is 6.49. The quantitative estimate of drug-likeness (QED) is 0.774. The zero-order chi connectivity index (χ0) is 18.4. The van der Waals surface area contributed by atoms with Gasteiger partial charge in [-0.2, -0.15) is 0 Å². The van der Waals surface area contributed by atoms with Crippen LogP contribution in [0.5, 0.6) is 0 Å². The van der Waals surface area contributed by atoms with E-state index in [1.54, 1.807) is 30.3 Å². The first-order chi connectivity index (χ1) is 11.7. The molecule has 132 valence electrons. The van der Waals surface area contributed by atoms with E-state index in [0.717, 1.165) is 0 Å². The van der Waals surface area contributed by atoms with E-state index in [1.807, 2.05) is 20.8 Å². The summed E-state index contributed by atoms with van der Waals surface area (Å²) in [4.78, 5) is 35.8. The molecule has 0 saturated heterocycles. The third kappa shape index (κ3) is 5.80. The Kier molecular flexibility index (Phi) is 5.59. The van der Waals surface area contributed by atoms with Crippen molar-refractivity contribution in [2.45, 2.75) is 26.3 Å². The van der Waals surface area contributed by atoms with Crippen LogP contribution in [0.25, 0.3) is 0 Å². The van der Waals surface area contributed by atoms with Gasteiger partial charge < -0.3 is 20.4 Å². The molecule has 2 rings (SSSR count). The molecule has 0 aliphatic rings. The van der Waals surface area contributed by atoms with Gasteiger partial charge in [0.25, 0.3) is 11.8 Å². The fraction of sp³-hybridized carbons (Fsp3) is 0.278. The molecule has 0 aliphatic carbocycles. The van der Waals surface area contributed by atoms with Crippen LogP contribution in [0.15, 0.2) is 47.1 Å². The molecule has 1 aromatic carbocycles. The number of hydrogen-bond acceptors (Lipinski definition) is 4. The summed E-state index contributed by atoms with van der Waals surface area (Å²) in [5.74, 6) is -0.915. The molecule has 7 heteroatoms. The van der Waals surface area contributed by atoms with E-state index in [4.69, 9.17) is 4.42 Å². The van der Waals surface area contributed by atoms with Gasteiger partial charge in [-0.1, -0.05) is 6.07 Å². The Labute approximate surface area is 145 Å². The van der Waals surface area contributed by atoms with Gasteiger partial charge in [0, 0.05) is 16.8 Å². The van der Waals surface area contributed by atoms with Crippen molar-refractivity contribution in [3.8, 4) is 0 Å². The number of rotatable bonds is 5. The molecule has 0 fully saturated rings. The maximum atomic E-state index is 12.2. The highest BCUT2D eigenvalue weighted by molar-refractivity contribution is 6.03. The number of amides is 3. The van der Waals surface area contributed by atoms with Crippen molar-refractivity contribution in [2.75, 3.05) is 11.9 Å². The first-order valence-electron chi connectivity index (χ1n) is 7.79. The molecule has 0 radical (unpaired) electrons. The average Bonchev–Trinajstić information content (AvgIpc) is 3.06. The molecule has 7 nitrogen and oxygen atoms in total. The molecule has 25 heavy (non-hydrogen) atoms. The van der Waals surface area contributed by atoms with Gasteiger partial charge >= 0.3 is 0 Å². The highest BCUT2D eigenvalue weighted by atomic mass is 16.3. The molecule has 0 saturated carbocycles. The van der Waals surface area contributed by atoms with Crippen LogP contribution in [-0.4, -0.2) is 29.8 Å². The molecule has 0 bridgehead atoms. The maximum Gasteiger partial charge on any atom is 0.291 e. The summed E-state index contributed by atoms with van der Waals surface area (Å²) in [5, 5.41) is 7.95. The van der Waals surface area contributed by atoms with Crippen LogP contribution in [0.1, 0.15) is 41.7 Å². The lowest BCUT2D eigenvalue weighted by Gasteiger charge is -2.20. The van der Waals surface area contributed by atoms with Gasteiger partial charge in [0.05, 0.1) is 12.8 Å². The van der Waals surface area contributed by atoms with Crippen LogP contribution in [-0.2, 0) is 4.79 Å². The number of hydrogen-bond donors (Lipinski definition) is 3. The van der Waals surface area contributed by atoms with Gasteiger partial charge in [-0.3, -0.25) is 14.4 Å². The minimum atomic E-state index is -0.410. The second-order valence-corrected chi connectivity index (χ2v) is 6.49. The van der Waals surface area contributed by atoms with E-state index < -0.39 is 11.8 Å². The molecular formula is C18H21N3O4. The predicted octanol–water partition coefficient (Wildman–Crippen LogP) is 2.18. The first-order valence-corrected chi connectivity index (χ1v) is 7.79. The van der Waals surface area contributed by atoms with Gasteiger partial charge in [0.15, 0.2) is 5.76 Å². The Balaban J connectivity index is 1.95. The number of furan rings is 1. The molecule has 3 amide bonds. The fourth-order valence-electron chi connectivity index (χ4n) is 2.06. The largest absolute Gasteiger partial charge is 0.459 e. The Hall–Kier alpha value is -3.09. The zero-order valence-electron chi connectivity index (χ0n) is 14.4. The Morgan fingerprint density at radius 1 is 1.04 bits per heavy atom. The highest BCUT2D eigenvalue weighted by Gasteiger charge is 2.15. The van der Waals surface area contributed by atoms with E-state index >= 15 is 0 Å². The summed E-state index contributed by atoms with van der Waals surface area (Å²) >= 11 is 0. The van der Waals surface area contributed by atoms with Gasteiger partial charge in [-0.15, -0.1) is 0 Å². The molecule has 0 atom stereocenters. The minimum absolute atomic E-state index is 0.126. The van der Waals surface area contributed by atoms with Crippen molar-refractivity contribution in [3.63, 3.8) is 0 Å². The molecule has 1 aromatic heterocycles. The average molecular weight is 343 g/mol. The smallest absolute Gasteiger partial charge is 0.291 e. The lowest BCUT2D eigenvalue weighted by atomic mass is 10.1. The third-order valence-electron chi connectivity index (χ3n) is 3.05. The number of nitrogens with one attached hydrogen (secondary N) is 3. The van der Waals surface area contributed by atoms with Crippen LogP contribution in [0.3, 0.4) is 0 Å². The van der Waals surface area contributed by atoms with Crippen molar-refractivity contribution < 1.29 is 18.8 Å². The number of benzene rings is 1. The summed E-state index contributed by atoms with van der Waals surface area (Å²) in [6.07, 6.45) is 1.40. The monoisotopic (exact) mass is 343 g/mol. The van der Waals surface area contributed by atoms with Crippen LogP contribution in [0.2, 0.25) is 0 Å². The van der Waals surface area contributed by atoms with Gasteiger partial charge in [-0.25, -0.2) is 0 Å². The number of carbonyl (C=O) groups excluding carboxylic acids is 3. The zero-order valence-corrected chi connectivity index (χ0v) is 14.4. The van der Waals surface area contributed by atoms with Crippen molar-refractivity contribution in [1.29, 1.82) is 0 Å². The van der Waals surface area contributed by atoms with E-state index in [1.165, 1.54) is 12.3 Å². The molecule has 0 unspecified atom stereocenters. The number of anilines is 1. The Morgan fingerprint density at radius 3 is 2.44 bits per heavy atom. The van der Waals surface area contributed by atoms with E-state index in [-0.39, 0.29) is 23.8 Å². The molecule has 1 heterocycles. The van der Waals surface area contributed by atoms with Crippen molar-refractivity contribution in [1.82, 2.24) is 10.6 Å². The second kappa shape index (κ2) is 7.65. The standard InChI is InChI=1S/C18H21N3O4/c1-18(2,3)21-15(22)11-19-16(23)12-6-4-7-13(10-12)20-17(24)14-8-5-9-25-14/h4-10H,11H2,1-3H3,(H,19,23)(H,20,24)(H,21,22).